The van der Waals surface area contributed by atoms with Gasteiger partial charge in [-0.15, -0.1) is 52.6 Å². The molecule has 12 aliphatic rings. The van der Waals surface area contributed by atoms with Gasteiger partial charge in [0.05, 0.1) is 122 Å². The summed E-state index contributed by atoms with van der Waals surface area (Å²) >= 11 is 14.5. The van der Waals surface area contributed by atoms with Crippen LogP contribution < -0.4 is 0 Å². The molecular weight excluding hydrogens is 2200 g/mol. The van der Waals surface area contributed by atoms with Gasteiger partial charge in [0.1, 0.15) is 71.2 Å². The molecule has 0 aromatic heterocycles. The van der Waals surface area contributed by atoms with E-state index in [0.29, 0.717) is 71.3 Å². The molecule has 28 nitrogen and oxygen atoms in total. The Hall–Kier alpha value is -4.24. The average Bonchev–Trinajstić information content (AvgIpc) is 1.66. The van der Waals surface area contributed by atoms with E-state index in [-0.39, 0.29) is 132 Å². The van der Waals surface area contributed by atoms with E-state index in [4.69, 9.17) is 120 Å². The molecule has 0 saturated carbocycles. The van der Waals surface area contributed by atoms with Crippen LogP contribution >= 0.6 is 84.9 Å². The van der Waals surface area contributed by atoms with Crippen molar-refractivity contribution in [2.75, 3.05) is 0 Å². The monoisotopic (exact) mass is 2390 g/mol. The van der Waals surface area contributed by atoms with Crippen LogP contribution in [-0.4, -0.2) is 279 Å². The van der Waals surface area contributed by atoms with Gasteiger partial charge in [-0.2, -0.15) is 0 Å². The second kappa shape index (κ2) is 79.7. The van der Waals surface area contributed by atoms with Crippen molar-refractivity contribution in [2.45, 2.75) is 561 Å². The van der Waals surface area contributed by atoms with E-state index in [2.05, 4.69) is 234 Å². The summed E-state index contributed by atoms with van der Waals surface area (Å²) in [6, 6.07) is 0. The first-order valence-corrected chi connectivity index (χ1v) is 58.4. The maximum atomic E-state index is 11.7. The van der Waals surface area contributed by atoms with Crippen molar-refractivity contribution in [1.82, 2.24) is 0 Å². The van der Waals surface area contributed by atoms with Crippen molar-refractivity contribution in [3.05, 3.63) is 101 Å². The zero-order chi connectivity index (χ0) is 115. The number of allylic oxidation sites excluding steroid dienone is 4. The fourth-order valence-electron chi connectivity index (χ4n) is 17.4. The minimum atomic E-state index is -0.611. The van der Waals surface area contributed by atoms with E-state index in [9.17, 15) is 28.8 Å². The van der Waals surface area contributed by atoms with Gasteiger partial charge in [0.15, 0.2) is 0 Å². The summed E-state index contributed by atoms with van der Waals surface area (Å²) in [4.78, 5) is 70.3. The van der Waals surface area contributed by atoms with Crippen LogP contribution in [0.2, 0.25) is 0 Å². The summed E-state index contributed by atoms with van der Waals surface area (Å²) in [6.45, 7) is 90.6. The number of hydrogen-bond acceptors (Lipinski definition) is 28. The second-order valence-electron chi connectivity index (χ2n) is 41.2. The third kappa shape index (κ3) is 62.6. The predicted molar refractivity (Wildman–Crippen MR) is 616 cm³/mol. The maximum absolute atomic E-state index is 11.7. The first kappa shape index (κ1) is 142. The molecule has 12 saturated heterocycles. The molecule has 0 aliphatic carbocycles. The van der Waals surface area contributed by atoms with E-state index in [1.807, 2.05) is 125 Å². The van der Waals surface area contributed by atoms with Gasteiger partial charge < -0.3 is 104 Å². The van der Waals surface area contributed by atoms with Gasteiger partial charge in [0.2, 0.25) is 0 Å². The average molecular weight is 2390 g/mol. The molecule has 0 N–H and O–H groups in total. The summed E-state index contributed by atoms with van der Waals surface area (Å²) in [6.07, 6.45) is 36.8. The number of alkyl halides is 4. The van der Waals surface area contributed by atoms with Crippen LogP contribution in [0, 0.1) is 0 Å². The normalized spacial score (nSPS) is 32.2. The fraction of sp³-hybridized carbons (Fsp3) is 0.800. The molecule has 12 aliphatic heterocycles. The molecule has 12 fully saturated rings. The van der Waals surface area contributed by atoms with Gasteiger partial charge in [-0.1, -0.05) is 168 Å². The van der Waals surface area contributed by atoms with E-state index < -0.39 is 59.3 Å². The van der Waals surface area contributed by atoms with Gasteiger partial charge >= 0.3 is 87.6 Å². The SMILES string of the molecule is C=C.C=C.C=C.C=C.CC/C=C\C[C@@H]1O[C@@H](C)C[C@@H]1OC(=O)OC(C)(C)C.CC/C=C\C[C@@H]1O[C@@H](C)C[C@@H]1OC(=O)OC(C)(C)C.CC/C=C\C[C@@H]1O[C@H](C)C[C@@H]1OC(=O)OC(C)(C)C.CC/C=C\C[C@@H]1O[C@H](C)C[C@@H]1OC(=O)OC(C)(C)C.CC[C@@H](Br)[C@H]1C[C@@H]2O[C@@H](C)C[C@@H]2O1.CC[C@@H](Br)[C@H]1C[C@@H]2O[C@H](C)C[C@@H]2O1.CC[C@H]1O[C@@H](C)C[C@@H]2OC(=O)O[C@@H]2C[C@H]1Br.CC[C@H]1O[C@H](C)C[C@@H]2OC(=O)O[C@@H]2C[C@H]1Br.[2H]B=S=[B].[2H]B=S=[B]. The van der Waals surface area contributed by atoms with Crippen LogP contribution in [0.3, 0.4) is 0 Å². The van der Waals surface area contributed by atoms with Crippen LogP contribution in [-0.2, 0) is 104 Å². The van der Waals surface area contributed by atoms with Crippen LogP contribution in [0.25, 0.3) is 0 Å². The molecule has 0 unspecified atom stereocenters. The fourth-order valence-corrected chi connectivity index (χ4v) is 19.8. The van der Waals surface area contributed by atoms with Crippen LogP contribution in [0.15, 0.2) is 101 Å². The zero-order valence-electron chi connectivity index (χ0n) is 96.8. The molecule has 148 heavy (non-hydrogen) atoms. The molecule has 0 spiro atoms. The Bertz CT molecular complexity index is 3520. The molecule has 0 aromatic carbocycles. The van der Waals surface area contributed by atoms with Crippen molar-refractivity contribution in [3.8, 4) is 0 Å². The molecule has 12 rings (SSSR count). The Morgan fingerprint density at radius 2 is 0.534 bits per heavy atom. The number of ether oxygens (including phenoxy) is 22. The topological polar surface area (TPSA) is 305 Å². The van der Waals surface area contributed by atoms with Gasteiger partial charge in [-0.3, -0.25) is 0 Å². The summed E-state index contributed by atoms with van der Waals surface area (Å²) in [5.41, 5.74) is -2.11. The van der Waals surface area contributed by atoms with Gasteiger partial charge in [0, 0.05) is 96.4 Å². The van der Waals surface area contributed by atoms with E-state index in [0.717, 1.165) is 176 Å². The first-order valence-electron chi connectivity index (χ1n) is 54.0. The summed E-state index contributed by atoms with van der Waals surface area (Å²) in [5.74, 6) is 0. The van der Waals surface area contributed by atoms with Crippen molar-refractivity contribution in [2.24, 2.45) is 0 Å². The number of hydrogen-bond donors (Lipinski definition) is 0. The van der Waals surface area contributed by atoms with Gasteiger partial charge in [0.25, 0.3) is 0 Å². The zero-order valence-corrected chi connectivity index (χ0v) is 103. The van der Waals surface area contributed by atoms with Gasteiger partial charge in [-0.05, 0) is 216 Å². The van der Waals surface area contributed by atoms with Crippen molar-refractivity contribution in [3.63, 3.8) is 0 Å². The Morgan fingerprint density at radius 3 is 0.730 bits per heavy atom. The Balaban J connectivity index is 0. The molecule has 0 amide bonds. The molecule has 32 atom stereocenters. The number of carbonyl (C=O) groups is 6. The van der Waals surface area contributed by atoms with E-state index in [1.54, 1.807) is 0 Å². The first-order chi connectivity index (χ1) is 70.7. The van der Waals surface area contributed by atoms with E-state index >= 15 is 0 Å². The molecule has 850 valence electrons. The second-order valence-corrected chi connectivity index (χ2v) is 46.4. The van der Waals surface area contributed by atoms with Crippen molar-refractivity contribution in [1.29, 1.82) is 2.67 Å². The Kier molecular flexibility index (Phi) is 76.3. The van der Waals surface area contributed by atoms with Crippen molar-refractivity contribution < 1.29 is 133 Å². The molecule has 2 radical (unpaired) electrons. The Labute approximate surface area is 939 Å². The molecule has 38 heteroatoms. The molecule has 0 aromatic rings. The third-order valence-corrected chi connectivity index (χ3v) is 27.9. The van der Waals surface area contributed by atoms with E-state index in [1.165, 1.54) is 0 Å². The molecule has 12 heterocycles. The van der Waals surface area contributed by atoms with Crippen LogP contribution in [0.1, 0.15) is 348 Å². The Morgan fingerprint density at radius 1 is 0.338 bits per heavy atom. The van der Waals surface area contributed by atoms with Gasteiger partial charge in [-0.25, -0.2) is 28.8 Å². The van der Waals surface area contributed by atoms with Crippen LogP contribution in [0.4, 0.5) is 28.8 Å². The van der Waals surface area contributed by atoms with Crippen LogP contribution in [0.5, 0.6) is 0 Å². The number of halogens is 4. The molecule has 0 bridgehead atoms. The summed E-state index contributed by atoms with van der Waals surface area (Å²) in [7, 11) is 1.80. The van der Waals surface area contributed by atoms with Crippen molar-refractivity contribution >= 4 is 149 Å². The predicted octanol–water partition coefficient (Wildman–Crippen LogP) is 28.1. The summed E-state index contributed by atoms with van der Waals surface area (Å²) < 4.78 is 133. The minimum absolute atomic E-state index is 0.0645. The summed E-state index contributed by atoms with van der Waals surface area (Å²) in [5, 5.41) is 0. The third-order valence-electron chi connectivity index (χ3n) is 23.5. The quantitative estimate of drug-likeness (QED) is 0.0320. The number of rotatable bonds is 22. The number of fused-ring (bicyclic) bond motifs is 4. The number of carbonyl (C=O) groups excluding carboxylic acids is 6. The molecular formula is C110H190B4Br4O28S2. The standard InChI is InChI=1S/4C15H26O4.2C11H17BrO4.2C10H17BrO2.4C2H4.2B2HS/c4*1-6-7-8-9-12-13(10-11(2)17-12)18-14(16)19-15(3,4)5;2*1-3-8-7(12)5-10-9(4-6(2)14-8)15-11(13)16-10;2*1-3-7(11)8-5-10-9(13-8)4-6(2)12-10;4*1-2;2*1-3-2/h4*7-8,11-13H,6,9-10H2,1-5H3;2*6-10H,3-5H2,1-2H3;2*6-10H,3-5H2,1-2H3;4*1-2H2;2*1H/b4*8-7-;;;;;;;;;;/t2*11-,12+,13+;2*11-,12-,13-;6-,7+,8+,9-,10+;6-,7-,8-,9+,10-;6-,7+,8+,9-,10-;6-,7-,8-,9+,10+;;;;;;/m11000101....../s1/i;;;;;;;;;;;;2*1D.